The molecule has 0 N–H and O–H groups in total. The molecule has 1 heterocycles. The van der Waals surface area contributed by atoms with E-state index in [1.54, 1.807) is 11.8 Å². The highest BCUT2D eigenvalue weighted by atomic mass is 32.2. The fourth-order valence-corrected chi connectivity index (χ4v) is 3.91. The maximum Gasteiger partial charge on any atom is 0.320 e. The number of esters is 1. The highest BCUT2D eigenvalue weighted by Gasteiger charge is 2.33. The fourth-order valence-electron chi connectivity index (χ4n) is 2.38. The summed E-state index contributed by atoms with van der Waals surface area (Å²) in [4.78, 5) is 12.2. The van der Waals surface area contributed by atoms with Crippen LogP contribution in [0.1, 0.15) is 6.92 Å². The van der Waals surface area contributed by atoms with Gasteiger partial charge in [-0.25, -0.2) is 17.2 Å². The van der Waals surface area contributed by atoms with Gasteiger partial charge in [-0.3, -0.25) is 9.69 Å². The third-order valence-corrected chi connectivity index (χ3v) is 5.46. The van der Waals surface area contributed by atoms with Gasteiger partial charge in [-0.05, 0) is 19.1 Å². The van der Waals surface area contributed by atoms with Crippen LogP contribution in [0.4, 0.5) is 8.78 Å². The van der Waals surface area contributed by atoms with Gasteiger partial charge in [0.2, 0.25) is 10.0 Å². The molecule has 1 fully saturated rings. The largest absolute Gasteiger partial charge is 0.465 e. The topological polar surface area (TPSA) is 66.9 Å². The van der Waals surface area contributed by atoms with Crippen LogP contribution in [0.2, 0.25) is 0 Å². The lowest BCUT2D eigenvalue weighted by atomic mass is 10.3. The van der Waals surface area contributed by atoms with Gasteiger partial charge >= 0.3 is 5.97 Å². The summed E-state index contributed by atoms with van der Waals surface area (Å²) >= 11 is 0. The van der Waals surface area contributed by atoms with Gasteiger partial charge in [0.25, 0.3) is 0 Å². The summed E-state index contributed by atoms with van der Waals surface area (Å²) in [6.45, 7) is 2.72. The molecule has 0 radical (unpaired) electrons. The number of benzene rings is 1. The predicted molar refractivity (Wildman–Crippen MR) is 78.2 cm³/mol. The zero-order valence-corrected chi connectivity index (χ0v) is 13.5. The number of carbonyl (C=O) groups excluding carboxylic acids is 1. The molecule has 1 aliphatic heterocycles. The molecule has 0 amide bonds. The molecule has 23 heavy (non-hydrogen) atoms. The average molecular weight is 348 g/mol. The van der Waals surface area contributed by atoms with E-state index in [-0.39, 0.29) is 45.3 Å². The highest BCUT2D eigenvalue weighted by Crippen LogP contribution is 2.23. The first-order valence-corrected chi connectivity index (χ1v) is 8.62. The summed E-state index contributed by atoms with van der Waals surface area (Å²) in [5.74, 6) is -2.61. The quantitative estimate of drug-likeness (QED) is 0.738. The minimum atomic E-state index is -4.25. The van der Waals surface area contributed by atoms with E-state index in [1.807, 2.05) is 0 Å². The molecular formula is C14H18F2N2O4S. The Morgan fingerprint density at radius 1 is 1.17 bits per heavy atom. The van der Waals surface area contributed by atoms with E-state index in [4.69, 9.17) is 4.74 Å². The lowest BCUT2D eigenvalue weighted by Gasteiger charge is -2.33. The molecule has 0 bridgehead atoms. The van der Waals surface area contributed by atoms with Gasteiger partial charge in [-0.1, -0.05) is 6.07 Å². The lowest BCUT2D eigenvalue weighted by Crippen LogP contribution is -2.50. The number of rotatable bonds is 5. The van der Waals surface area contributed by atoms with E-state index in [9.17, 15) is 22.0 Å². The number of halogens is 2. The first-order valence-electron chi connectivity index (χ1n) is 7.18. The molecule has 0 unspecified atom stereocenters. The number of carbonyl (C=O) groups is 1. The Hall–Kier alpha value is -1.58. The minimum absolute atomic E-state index is 0.0511. The molecule has 2 rings (SSSR count). The third-order valence-electron chi connectivity index (χ3n) is 3.51. The first-order chi connectivity index (χ1) is 10.9. The molecule has 1 aromatic rings. The molecule has 1 aliphatic rings. The number of sulfonamides is 1. The van der Waals surface area contributed by atoms with E-state index < -0.39 is 26.6 Å². The third kappa shape index (κ3) is 4.04. The van der Waals surface area contributed by atoms with Crippen LogP contribution in [0.15, 0.2) is 23.1 Å². The van der Waals surface area contributed by atoms with Crippen molar-refractivity contribution in [2.45, 2.75) is 11.8 Å². The van der Waals surface area contributed by atoms with Crippen LogP contribution < -0.4 is 0 Å². The summed E-state index contributed by atoms with van der Waals surface area (Å²) in [5, 5.41) is 0. The van der Waals surface area contributed by atoms with Crippen LogP contribution in [0.3, 0.4) is 0 Å². The normalized spacial score (nSPS) is 17.2. The van der Waals surface area contributed by atoms with Crippen molar-refractivity contribution < 1.29 is 26.7 Å². The van der Waals surface area contributed by atoms with Crippen molar-refractivity contribution in [2.24, 2.45) is 0 Å². The van der Waals surface area contributed by atoms with Gasteiger partial charge < -0.3 is 4.74 Å². The summed E-state index contributed by atoms with van der Waals surface area (Å²) in [6.07, 6.45) is 0. The maximum absolute atomic E-state index is 13.7. The number of nitrogens with zero attached hydrogens (tertiary/aromatic N) is 2. The van der Waals surface area contributed by atoms with Crippen LogP contribution >= 0.6 is 0 Å². The smallest absolute Gasteiger partial charge is 0.320 e. The van der Waals surface area contributed by atoms with Gasteiger partial charge in [-0.2, -0.15) is 4.31 Å². The second-order valence-corrected chi connectivity index (χ2v) is 6.91. The molecule has 0 spiro atoms. The summed E-state index contributed by atoms with van der Waals surface area (Å²) in [6, 6.07) is 2.93. The van der Waals surface area contributed by atoms with Crippen LogP contribution in [0, 0.1) is 11.6 Å². The van der Waals surface area contributed by atoms with Crippen molar-refractivity contribution >= 4 is 16.0 Å². The fraction of sp³-hybridized carbons (Fsp3) is 0.500. The molecule has 0 aliphatic carbocycles. The lowest BCUT2D eigenvalue weighted by molar-refractivity contribution is -0.144. The molecule has 6 nitrogen and oxygen atoms in total. The average Bonchev–Trinajstić information content (AvgIpc) is 2.47. The number of piperazine rings is 1. The molecule has 9 heteroatoms. The van der Waals surface area contributed by atoms with Crippen LogP contribution in [0.5, 0.6) is 0 Å². The van der Waals surface area contributed by atoms with E-state index in [2.05, 4.69) is 0 Å². The first kappa shape index (κ1) is 17.8. The Morgan fingerprint density at radius 2 is 1.74 bits per heavy atom. The van der Waals surface area contributed by atoms with Crippen LogP contribution in [-0.4, -0.2) is 62.9 Å². The van der Waals surface area contributed by atoms with Crippen LogP contribution in [-0.2, 0) is 19.6 Å². The molecular weight excluding hydrogens is 330 g/mol. The Bertz CT molecular complexity index is 653. The van der Waals surface area contributed by atoms with E-state index >= 15 is 0 Å². The Balaban J connectivity index is 2.06. The Morgan fingerprint density at radius 3 is 2.26 bits per heavy atom. The molecule has 0 saturated carbocycles. The summed E-state index contributed by atoms with van der Waals surface area (Å²) < 4.78 is 58.1. The zero-order valence-electron chi connectivity index (χ0n) is 12.7. The van der Waals surface area contributed by atoms with Gasteiger partial charge in [0.05, 0.1) is 13.2 Å². The molecule has 0 atom stereocenters. The number of ether oxygens (including phenoxy) is 1. The monoisotopic (exact) mass is 348 g/mol. The van der Waals surface area contributed by atoms with E-state index in [0.29, 0.717) is 0 Å². The SMILES string of the molecule is CCOC(=O)CN1CCN(S(=O)(=O)c2c(F)cccc2F)CC1. The Kier molecular flexibility index (Phi) is 5.66. The van der Waals surface area contributed by atoms with Crippen molar-refractivity contribution in [3.63, 3.8) is 0 Å². The second kappa shape index (κ2) is 7.33. The van der Waals surface area contributed by atoms with Gasteiger partial charge in [-0.15, -0.1) is 0 Å². The summed E-state index contributed by atoms with van der Waals surface area (Å²) in [5.41, 5.74) is 0. The minimum Gasteiger partial charge on any atom is -0.465 e. The maximum atomic E-state index is 13.7. The van der Waals surface area contributed by atoms with Crippen molar-refractivity contribution in [1.29, 1.82) is 0 Å². The summed E-state index contributed by atoms with van der Waals surface area (Å²) in [7, 11) is -4.25. The van der Waals surface area contributed by atoms with Crippen molar-refractivity contribution in [3.8, 4) is 0 Å². The van der Waals surface area contributed by atoms with Crippen molar-refractivity contribution in [2.75, 3.05) is 39.3 Å². The number of hydrogen-bond acceptors (Lipinski definition) is 5. The van der Waals surface area contributed by atoms with Gasteiger partial charge in [0.1, 0.15) is 11.6 Å². The van der Waals surface area contributed by atoms with Crippen molar-refractivity contribution in [3.05, 3.63) is 29.8 Å². The standard InChI is InChI=1S/C14H18F2N2O4S/c1-2-22-13(19)10-17-6-8-18(9-7-17)23(20,21)14-11(15)4-3-5-12(14)16/h3-5H,2,6-10H2,1H3. The van der Waals surface area contributed by atoms with Crippen LogP contribution in [0.25, 0.3) is 0 Å². The molecule has 128 valence electrons. The van der Waals surface area contributed by atoms with Crippen molar-refractivity contribution in [1.82, 2.24) is 9.21 Å². The Labute approximate surface area is 133 Å². The van der Waals surface area contributed by atoms with Gasteiger partial charge in [0, 0.05) is 26.2 Å². The number of hydrogen-bond donors (Lipinski definition) is 0. The zero-order chi connectivity index (χ0) is 17.0. The highest BCUT2D eigenvalue weighted by molar-refractivity contribution is 7.89. The van der Waals surface area contributed by atoms with E-state index in [0.717, 1.165) is 22.5 Å². The second-order valence-electron chi connectivity index (χ2n) is 5.04. The molecule has 0 aromatic heterocycles. The predicted octanol–water partition coefficient (Wildman–Crippen LogP) is 0.834. The molecule has 1 saturated heterocycles. The van der Waals surface area contributed by atoms with E-state index in [1.165, 1.54) is 0 Å². The molecule has 1 aromatic carbocycles. The van der Waals surface area contributed by atoms with Gasteiger partial charge in [0.15, 0.2) is 4.90 Å².